The lowest BCUT2D eigenvalue weighted by molar-refractivity contribution is -0.119. The molecule has 2 rings (SSSR count). The van der Waals surface area contributed by atoms with Gasteiger partial charge >= 0.3 is 7.75 Å². The van der Waals surface area contributed by atoms with Crippen molar-refractivity contribution in [1.29, 1.82) is 0 Å². The van der Waals surface area contributed by atoms with E-state index in [9.17, 15) is 24.7 Å². The molecule has 0 spiro atoms. The van der Waals surface area contributed by atoms with Crippen molar-refractivity contribution in [2.45, 2.75) is 65.4 Å². The summed E-state index contributed by atoms with van der Waals surface area (Å²) in [6.45, 7) is 8.05. The highest BCUT2D eigenvalue weighted by Gasteiger charge is 2.46. The average Bonchev–Trinajstić information content (AvgIpc) is 3.08. The van der Waals surface area contributed by atoms with Crippen molar-refractivity contribution in [3.63, 3.8) is 0 Å². The Morgan fingerprint density at radius 1 is 1.37 bits per heavy atom. The number of nitrogens with one attached hydrogen (secondary N) is 1. The maximum absolute atomic E-state index is 13.3. The molecule has 1 fully saturated rings. The van der Waals surface area contributed by atoms with Gasteiger partial charge in [-0.1, -0.05) is 18.7 Å². The van der Waals surface area contributed by atoms with Crippen LogP contribution in [0.4, 0.5) is 0 Å². The van der Waals surface area contributed by atoms with E-state index in [2.05, 4.69) is 10.1 Å². The highest BCUT2D eigenvalue weighted by molar-refractivity contribution is 8.13. The zero-order valence-electron chi connectivity index (χ0n) is 21.0. The molecule has 0 aromatic heterocycles. The van der Waals surface area contributed by atoms with Crippen molar-refractivity contribution in [3.05, 3.63) is 12.3 Å². The molecule has 4 N–H and O–H groups in total. The Bertz CT molecular complexity index is 826. The molecule has 0 aliphatic carbocycles. The van der Waals surface area contributed by atoms with Gasteiger partial charge in [-0.3, -0.25) is 13.8 Å². The van der Waals surface area contributed by atoms with Gasteiger partial charge in [0.05, 0.1) is 38.4 Å². The standard InChI is InChI=1S/C21H38N3O9PS/c1-13(2)23-34(29,31-9-10-35-19(27)21(4,5)12-25)32-11-15-17(26)14(3)18(33-15)24-8-7-16(30-6)22-20(24)28/h7-8,13-15,17-18,20,25-26,28H,9-12H2,1-6H3,(H,23,29)/t14-,15?,17-,18+,20+,34?/m0/s1. The van der Waals surface area contributed by atoms with Gasteiger partial charge in [0.2, 0.25) is 12.2 Å². The number of carbonyl (C=O) groups excluding carboxylic acids is 1. The summed E-state index contributed by atoms with van der Waals surface area (Å²) < 4.78 is 35.3. The summed E-state index contributed by atoms with van der Waals surface area (Å²) in [6.07, 6.45) is -0.618. The highest BCUT2D eigenvalue weighted by atomic mass is 32.2. The molecule has 202 valence electrons. The number of hydrogen-bond donors (Lipinski definition) is 4. The van der Waals surface area contributed by atoms with Crippen LogP contribution in [0.3, 0.4) is 0 Å². The van der Waals surface area contributed by atoms with Crippen molar-refractivity contribution < 1.29 is 43.2 Å². The van der Waals surface area contributed by atoms with Crippen LogP contribution in [0.5, 0.6) is 0 Å². The Morgan fingerprint density at radius 2 is 2.06 bits per heavy atom. The second-order valence-corrected chi connectivity index (χ2v) is 12.1. The van der Waals surface area contributed by atoms with E-state index >= 15 is 0 Å². The molecule has 1 saturated heterocycles. The fraction of sp³-hybridized carbons (Fsp3) is 0.810. The van der Waals surface area contributed by atoms with E-state index in [1.54, 1.807) is 46.9 Å². The van der Waals surface area contributed by atoms with Crippen molar-refractivity contribution in [2.24, 2.45) is 16.3 Å². The lowest BCUT2D eigenvalue weighted by Gasteiger charge is -2.33. The Hall–Kier alpha value is -1.02. The van der Waals surface area contributed by atoms with E-state index in [-0.39, 0.29) is 42.6 Å². The van der Waals surface area contributed by atoms with Gasteiger partial charge in [0.25, 0.3) is 0 Å². The largest absolute Gasteiger partial charge is 0.481 e. The molecule has 0 bridgehead atoms. The SMILES string of the molecule is COC1=N[C@@H](O)N([C@@H]2OC(COP(=O)(NC(C)C)OCCSC(=O)C(C)(C)CO)[C@@H](O)[C@@H]2C)C=C1. The molecular weight excluding hydrogens is 501 g/mol. The molecular formula is C21H38N3O9PS. The predicted octanol–water partition coefficient (Wildman–Crippen LogP) is 1.28. The van der Waals surface area contributed by atoms with Crippen LogP contribution < -0.4 is 5.09 Å². The molecule has 2 heterocycles. The first-order chi connectivity index (χ1) is 16.3. The van der Waals surface area contributed by atoms with Crippen LogP contribution in [0.25, 0.3) is 0 Å². The van der Waals surface area contributed by atoms with Gasteiger partial charge in [0.15, 0.2) is 5.12 Å². The number of carbonyl (C=O) groups is 1. The lowest BCUT2D eigenvalue weighted by atomic mass is 9.97. The van der Waals surface area contributed by atoms with Crippen LogP contribution in [0.1, 0.15) is 34.6 Å². The van der Waals surface area contributed by atoms with Crippen molar-refractivity contribution in [1.82, 2.24) is 9.99 Å². The van der Waals surface area contributed by atoms with E-state index in [1.807, 2.05) is 0 Å². The molecule has 35 heavy (non-hydrogen) atoms. The van der Waals surface area contributed by atoms with Gasteiger partial charge in [-0.15, -0.1) is 0 Å². The number of aliphatic hydroxyl groups excluding tert-OH is 3. The maximum atomic E-state index is 13.3. The predicted molar refractivity (Wildman–Crippen MR) is 131 cm³/mol. The molecule has 12 nitrogen and oxygen atoms in total. The second-order valence-electron chi connectivity index (χ2n) is 9.28. The number of aliphatic hydroxyl groups is 3. The summed E-state index contributed by atoms with van der Waals surface area (Å²) in [5, 5.41) is 32.9. The maximum Gasteiger partial charge on any atom is 0.405 e. The Kier molecular flexibility index (Phi) is 11.2. The third-order valence-electron chi connectivity index (χ3n) is 5.44. The number of methoxy groups -OCH3 is 1. The van der Waals surface area contributed by atoms with Crippen LogP contribution in [0.15, 0.2) is 17.3 Å². The normalized spacial score (nSPS) is 28.8. The molecule has 0 saturated carbocycles. The fourth-order valence-corrected chi connectivity index (χ4v) is 5.77. The minimum absolute atomic E-state index is 0.0351. The number of ether oxygens (including phenoxy) is 2. The minimum atomic E-state index is -3.79. The zero-order chi connectivity index (χ0) is 26.4. The number of rotatable bonds is 12. The molecule has 14 heteroatoms. The van der Waals surface area contributed by atoms with Crippen molar-refractivity contribution >= 4 is 30.5 Å². The number of aliphatic imine (C=N–C) groups is 1. The summed E-state index contributed by atoms with van der Waals surface area (Å²) in [5.74, 6) is 0.0653. The van der Waals surface area contributed by atoms with E-state index in [1.165, 1.54) is 12.0 Å². The molecule has 2 aliphatic heterocycles. The highest BCUT2D eigenvalue weighted by Crippen LogP contribution is 2.45. The topological polar surface area (TPSA) is 159 Å². The van der Waals surface area contributed by atoms with Gasteiger partial charge in [-0.05, 0) is 27.7 Å². The van der Waals surface area contributed by atoms with Gasteiger partial charge in [-0.2, -0.15) is 4.99 Å². The molecule has 0 aromatic carbocycles. The second kappa shape index (κ2) is 13.0. The Labute approximate surface area is 210 Å². The zero-order valence-corrected chi connectivity index (χ0v) is 22.7. The van der Waals surface area contributed by atoms with Crippen LogP contribution in [0.2, 0.25) is 0 Å². The number of hydrogen-bond acceptors (Lipinski definition) is 12. The van der Waals surface area contributed by atoms with E-state index in [4.69, 9.17) is 18.5 Å². The molecule has 2 aliphatic rings. The minimum Gasteiger partial charge on any atom is -0.481 e. The first kappa shape index (κ1) is 30.2. The summed E-state index contributed by atoms with van der Waals surface area (Å²) in [4.78, 5) is 17.6. The molecule has 0 amide bonds. The summed E-state index contributed by atoms with van der Waals surface area (Å²) in [5.41, 5.74) is -0.877. The quantitative estimate of drug-likeness (QED) is 0.208. The van der Waals surface area contributed by atoms with Crippen LogP contribution in [-0.2, 0) is 27.9 Å². The molecule has 0 radical (unpaired) electrons. The third-order valence-corrected chi connectivity index (χ3v) is 8.47. The van der Waals surface area contributed by atoms with Crippen LogP contribution >= 0.6 is 19.5 Å². The van der Waals surface area contributed by atoms with E-state index in [0.717, 1.165) is 11.8 Å². The Balaban J connectivity index is 1.94. The fourth-order valence-electron chi connectivity index (χ4n) is 3.31. The van der Waals surface area contributed by atoms with Crippen LogP contribution in [-0.4, -0.2) is 94.7 Å². The number of nitrogens with zero attached hydrogens (tertiary/aromatic N) is 2. The van der Waals surface area contributed by atoms with Crippen LogP contribution in [0, 0.1) is 11.3 Å². The van der Waals surface area contributed by atoms with Gasteiger partial charge < -0.3 is 29.7 Å². The Morgan fingerprint density at radius 3 is 2.63 bits per heavy atom. The lowest BCUT2D eigenvalue weighted by Crippen LogP contribution is -2.44. The summed E-state index contributed by atoms with van der Waals surface area (Å²) in [7, 11) is -2.35. The van der Waals surface area contributed by atoms with Gasteiger partial charge in [0, 0.05) is 30.0 Å². The average molecular weight is 540 g/mol. The molecule has 0 aromatic rings. The van der Waals surface area contributed by atoms with Gasteiger partial charge in [0.1, 0.15) is 12.3 Å². The molecule has 2 unspecified atom stereocenters. The van der Waals surface area contributed by atoms with Crippen molar-refractivity contribution in [2.75, 3.05) is 32.7 Å². The first-order valence-corrected chi connectivity index (χ1v) is 13.9. The van der Waals surface area contributed by atoms with E-state index < -0.39 is 43.9 Å². The first-order valence-electron chi connectivity index (χ1n) is 11.4. The summed E-state index contributed by atoms with van der Waals surface area (Å²) >= 11 is 0.981. The molecule has 6 atom stereocenters. The number of thioether (sulfide) groups is 1. The van der Waals surface area contributed by atoms with Gasteiger partial charge in [-0.25, -0.2) is 9.65 Å². The smallest absolute Gasteiger partial charge is 0.405 e. The van der Waals surface area contributed by atoms with E-state index in [0.29, 0.717) is 0 Å². The third kappa shape index (κ3) is 8.24. The monoisotopic (exact) mass is 539 g/mol. The summed E-state index contributed by atoms with van der Waals surface area (Å²) in [6, 6.07) is -0.231. The van der Waals surface area contributed by atoms with Crippen molar-refractivity contribution in [3.8, 4) is 0 Å².